The summed E-state index contributed by atoms with van der Waals surface area (Å²) < 4.78 is 26.3. The van der Waals surface area contributed by atoms with E-state index >= 15 is 4.39 Å². The largest absolute Gasteiger partial charge is 0.346 e. The van der Waals surface area contributed by atoms with Crippen LogP contribution in [0.15, 0.2) is 103 Å². The highest BCUT2D eigenvalue weighted by atomic mass is 32.2. The molecular weight excluding hydrogens is 426 g/mol. The summed E-state index contributed by atoms with van der Waals surface area (Å²) in [6.07, 6.45) is 13.0. The summed E-state index contributed by atoms with van der Waals surface area (Å²) in [5.41, 5.74) is 4.51. The van der Waals surface area contributed by atoms with Gasteiger partial charge in [0.1, 0.15) is 10.6 Å². The van der Waals surface area contributed by atoms with Crippen molar-refractivity contribution in [1.29, 1.82) is 0 Å². The summed E-state index contributed by atoms with van der Waals surface area (Å²) in [6, 6.07) is 5.09. The molecule has 2 aliphatic rings. The van der Waals surface area contributed by atoms with Gasteiger partial charge in [-0.3, -0.25) is 4.79 Å². The molecule has 0 bridgehead atoms. The number of thioether (sulfide) groups is 1. The van der Waals surface area contributed by atoms with E-state index < -0.39 is 4.75 Å². The number of benzene rings is 1. The Morgan fingerprint density at radius 3 is 2.72 bits per heavy atom. The summed E-state index contributed by atoms with van der Waals surface area (Å²) >= 11 is 1.11. The summed E-state index contributed by atoms with van der Waals surface area (Å²) in [5.74, 6) is -0.348. The smallest absolute Gasteiger partial charge is 0.284 e. The minimum absolute atomic E-state index is 0.216. The maximum atomic E-state index is 15.1. The van der Waals surface area contributed by atoms with Gasteiger partial charge in [-0.25, -0.2) is 8.78 Å². The van der Waals surface area contributed by atoms with E-state index in [0.717, 1.165) is 28.6 Å². The number of allylic oxidation sites excluding steroid dienone is 8. The number of nitrogens with zero attached hydrogens (tertiary/aromatic N) is 1. The molecule has 1 fully saturated rings. The van der Waals surface area contributed by atoms with Gasteiger partial charge in [0, 0.05) is 24.1 Å². The molecule has 2 aliphatic heterocycles. The molecule has 1 aromatic rings. The van der Waals surface area contributed by atoms with E-state index in [1.807, 2.05) is 49.2 Å². The van der Waals surface area contributed by atoms with E-state index in [0.29, 0.717) is 36.1 Å². The van der Waals surface area contributed by atoms with Gasteiger partial charge >= 0.3 is 0 Å². The van der Waals surface area contributed by atoms with Crippen molar-refractivity contribution < 1.29 is 13.6 Å². The summed E-state index contributed by atoms with van der Waals surface area (Å²) in [4.78, 5) is 14.2. The number of amides is 1. The first-order valence-corrected chi connectivity index (χ1v) is 11.0. The van der Waals surface area contributed by atoms with Crippen molar-refractivity contribution in [2.45, 2.75) is 25.0 Å². The molecule has 1 atom stereocenters. The number of rotatable bonds is 7. The van der Waals surface area contributed by atoms with Crippen LogP contribution in [0.5, 0.6) is 0 Å². The Balaban J connectivity index is 1.90. The summed E-state index contributed by atoms with van der Waals surface area (Å²) in [6.45, 7) is 12.5. The average molecular weight is 453 g/mol. The second-order valence-electron chi connectivity index (χ2n) is 7.79. The fourth-order valence-electron chi connectivity index (χ4n) is 3.64. The van der Waals surface area contributed by atoms with Crippen molar-refractivity contribution in [2.24, 2.45) is 0 Å². The highest BCUT2D eigenvalue weighted by Gasteiger charge is 2.46. The lowest BCUT2D eigenvalue weighted by molar-refractivity contribution is 0.263. The van der Waals surface area contributed by atoms with Crippen molar-refractivity contribution in [3.05, 3.63) is 120 Å². The van der Waals surface area contributed by atoms with Crippen LogP contribution < -0.4 is 5.32 Å². The molecule has 1 saturated heterocycles. The van der Waals surface area contributed by atoms with Crippen molar-refractivity contribution in [2.75, 3.05) is 6.54 Å². The van der Waals surface area contributed by atoms with Gasteiger partial charge in [0.05, 0.1) is 6.33 Å². The Hall–Kier alpha value is -3.12. The van der Waals surface area contributed by atoms with Crippen molar-refractivity contribution in [3.63, 3.8) is 0 Å². The third-order valence-electron chi connectivity index (χ3n) is 5.48. The third-order valence-corrected chi connectivity index (χ3v) is 6.73. The first-order valence-electron chi connectivity index (χ1n) is 10.2. The van der Waals surface area contributed by atoms with Gasteiger partial charge < -0.3 is 10.2 Å². The number of halogens is 2. The fourth-order valence-corrected chi connectivity index (χ4v) is 4.75. The Morgan fingerprint density at radius 2 is 2.06 bits per heavy atom. The molecule has 0 aliphatic carbocycles. The topological polar surface area (TPSA) is 32.3 Å². The van der Waals surface area contributed by atoms with E-state index in [-0.39, 0.29) is 11.1 Å². The van der Waals surface area contributed by atoms with Gasteiger partial charge in [0.15, 0.2) is 0 Å². The molecule has 32 heavy (non-hydrogen) atoms. The van der Waals surface area contributed by atoms with Crippen LogP contribution in [-0.2, 0) is 11.2 Å². The molecule has 0 spiro atoms. The normalized spacial score (nSPS) is 21.8. The molecule has 1 unspecified atom stereocenters. The minimum atomic E-state index is -0.853. The number of carbonyl (C=O) groups excluding carboxylic acids is 1. The van der Waals surface area contributed by atoms with E-state index in [9.17, 15) is 9.18 Å². The lowest BCUT2D eigenvalue weighted by Gasteiger charge is -2.36. The van der Waals surface area contributed by atoms with E-state index in [2.05, 4.69) is 18.5 Å². The Bertz CT molecular complexity index is 1100. The number of carbonyl (C=O) groups is 1. The van der Waals surface area contributed by atoms with E-state index in [4.69, 9.17) is 0 Å². The molecule has 3 rings (SSSR count). The minimum Gasteiger partial charge on any atom is -0.346 e. The maximum Gasteiger partial charge on any atom is 0.284 e. The lowest BCUT2D eigenvalue weighted by atomic mass is 9.91. The number of nitrogens with one attached hydrogen (secondary N) is 1. The van der Waals surface area contributed by atoms with E-state index in [1.165, 1.54) is 12.1 Å². The van der Waals surface area contributed by atoms with Crippen LogP contribution in [0.1, 0.15) is 25.0 Å². The second-order valence-corrected chi connectivity index (χ2v) is 9.06. The molecule has 1 N–H and O–H groups in total. The molecule has 6 heteroatoms. The van der Waals surface area contributed by atoms with Crippen LogP contribution in [0.3, 0.4) is 0 Å². The Labute approximate surface area is 192 Å². The van der Waals surface area contributed by atoms with Crippen LogP contribution in [0, 0.1) is 5.82 Å². The van der Waals surface area contributed by atoms with Crippen molar-refractivity contribution in [1.82, 2.24) is 10.2 Å². The molecule has 0 aromatic heterocycles. The average Bonchev–Trinajstić information content (AvgIpc) is 3.04. The zero-order chi connectivity index (χ0) is 23.3. The van der Waals surface area contributed by atoms with Gasteiger partial charge in [-0.05, 0) is 66.9 Å². The van der Waals surface area contributed by atoms with Gasteiger partial charge in [0.25, 0.3) is 5.24 Å². The van der Waals surface area contributed by atoms with Gasteiger partial charge in [-0.15, -0.1) is 0 Å². The molecular formula is C26H26F2N2OS. The highest BCUT2D eigenvalue weighted by Crippen LogP contribution is 2.48. The Morgan fingerprint density at radius 1 is 1.28 bits per heavy atom. The zero-order valence-corrected chi connectivity index (χ0v) is 19.0. The number of hydrogen-bond donors (Lipinski definition) is 1. The predicted molar refractivity (Wildman–Crippen MR) is 129 cm³/mol. The van der Waals surface area contributed by atoms with E-state index in [1.54, 1.807) is 18.2 Å². The zero-order valence-electron chi connectivity index (χ0n) is 18.2. The van der Waals surface area contributed by atoms with Crippen LogP contribution in [0.2, 0.25) is 0 Å². The highest BCUT2D eigenvalue weighted by molar-refractivity contribution is 8.15. The van der Waals surface area contributed by atoms with Crippen LogP contribution in [-0.4, -0.2) is 16.7 Å². The Kier molecular flexibility index (Phi) is 7.36. The lowest BCUT2D eigenvalue weighted by Crippen LogP contribution is -2.37. The van der Waals surface area contributed by atoms with Crippen LogP contribution in [0.4, 0.5) is 13.6 Å². The molecule has 1 aromatic carbocycles. The quantitative estimate of drug-likeness (QED) is 0.461. The maximum absolute atomic E-state index is 15.1. The molecule has 3 nitrogen and oxygen atoms in total. The van der Waals surface area contributed by atoms with Gasteiger partial charge in [-0.1, -0.05) is 55.2 Å². The number of hydrogen-bond acceptors (Lipinski definition) is 3. The molecule has 166 valence electrons. The van der Waals surface area contributed by atoms with Crippen molar-refractivity contribution >= 4 is 17.0 Å². The van der Waals surface area contributed by atoms with Crippen molar-refractivity contribution in [3.8, 4) is 0 Å². The first kappa shape index (κ1) is 23.5. The molecule has 0 saturated carbocycles. The predicted octanol–water partition coefficient (Wildman–Crippen LogP) is 6.81. The second kappa shape index (κ2) is 10.0. The van der Waals surface area contributed by atoms with Crippen LogP contribution >= 0.6 is 11.8 Å². The monoisotopic (exact) mass is 452 g/mol. The summed E-state index contributed by atoms with van der Waals surface area (Å²) in [7, 11) is 0. The van der Waals surface area contributed by atoms with Gasteiger partial charge in [-0.2, -0.15) is 0 Å². The SMILES string of the molecule is C=C1C(C)=CC=CN1CC1(c2ccc(C/C(C)=C/C=C\C=C\F)c(F)c2)SC(=O)NC1=C. The molecule has 2 heterocycles. The third kappa shape index (κ3) is 5.02. The first-order chi connectivity index (χ1) is 15.3. The van der Waals surface area contributed by atoms with Gasteiger partial charge in [0.2, 0.25) is 0 Å². The summed E-state index contributed by atoms with van der Waals surface area (Å²) in [5, 5.41) is 2.57. The van der Waals surface area contributed by atoms with Crippen LogP contribution in [0.25, 0.3) is 0 Å². The standard InChI is InChI=1S/C26H26F2N2OS/c1-18(9-6-5-7-13-27)15-22-11-12-23(16-24(22)28)26(21(4)29-25(31)32-26)17-30-14-8-10-19(2)20(30)3/h5-14,16H,3-4,15,17H2,1-2H3,(H,29,31)/b6-5-,13-7+,18-9+. The molecule has 1 amide bonds. The fraction of sp³-hybridized carbons (Fsp3) is 0.192. The molecule has 0 radical (unpaired) electrons.